The van der Waals surface area contributed by atoms with Crippen molar-refractivity contribution in [3.63, 3.8) is 0 Å². The van der Waals surface area contributed by atoms with Crippen molar-refractivity contribution in [1.29, 1.82) is 0 Å². The number of benzene rings is 2. The van der Waals surface area contributed by atoms with Gasteiger partial charge in [-0.2, -0.15) is 0 Å². The number of amides is 1. The van der Waals surface area contributed by atoms with Crippen LogP contribution in [0.5, 0.6) is 0 Å². The van der Waals surface area contributed by atoms with E-state index in [4.69, 9.17) is 14.1 Å². The number of hydrogen-bond acceptors (Lipinski definition) is 4. The first-order valence-corrected chi connectivity index (χ1v) is 10.1. The van der Waals surface area contributed by atoms with Gasteiger partial charge < -0.3 is 14.5 Å². The van der Waals surface area contributed by atoms with E-state index >= 15 is 0 Å². The second kappa shape index (κ2) is 7.82. The number of hydrogen-bond donors (Lipinski definition) is 1. The highest BCUT2D eigenvalue weighted by Gasteiger charge is 2.29. The van der Waals surface area contributed by atoms with Crippen molar-refractivity contribution in [2.45, 2.75) is 45.4 Å². The standard InChI is InChI=1S/C25H26N2O3/c1-16(22(21-14-9-15-29-21)27-24(28)30-25(2,3)4)26-23-19-12-7-5-10-17(19)18-11-6-8-13-20(18)23/h5-16,22H,1-4H3,(H,27,28). The molecule has 2 atom stereocenters. The number of nitrogens with one attached hydrogen (secondary N) is 1. The van der Waals surface area contributed by atoms with Crippen molar-refractivity contribution in [2.24, 2.45) is 4.99 Å². The van der Waals surface area contributed by atoms with E-state index in [-0.39, 0.29) is 6.04 Å². The molecule has 2 unspecified atom stereocenters. The highest BCUT2D eigenvalue weighted by Crippen LogP contribution is 2.37. The molecule has 0 bridgehead atoms. The van der Waals surface area contributed by atoms with Gasteiger partial charge in [-0.3, -0.25) is 4.99 Å². The lowest BCUT2D eigenvalue weighted by atomic mass is 10.1. The van der Waals surface area contributed by atoms with E-state index in [1.165, 1.54) is 11.1 Å². The molecule has 30 heavy (non-hydrogen) atoms. The number of alkyl carbamates (subject to hydrolysis) is 1. The first kappa shape index (κ1) is 20.0. The number of carbonyl (C=O) groups is 1. The molecule has 5 nitrogen and oxygen atoms in total. The van der Waals surface area contributed by atoms with Crippen molar-refractivity contribution in [2.75, 3.05) is 0 Å². The van der Waals surface area contributed by atoms with E-state index in [0.717, 1.165) is 16.8 Å². The van der Waals surface area contributed by atoms with E-state index < -0.39 is 17.7 Å². The van der Waals surface area contributed by atoms with Crippen LogP contribution in [0.4, 0.5) is 4.79 Å². The molecular weight excluding hydrogens is 376 g/mol. The maximum absolute atomic E-state index is 12.5. The lowest BCUT2D eigenvalue weighted by Gasteiger charge is -2.25. The molecule has 0 radical (unpaired) electrons. The fourth-order valence-electron chi connectivity index (χ4n) is 3.74. The lowest BCUT2D eigenvalue weighted by molar-refractivity contribution is 0.0490. The molecular formula is C25H26N2O3. The van der Waals surface area contributed by atoms with Crippen LogP contribution in [0, 0.1) is 0 Å². The summed E-state index contributed by atoms with van der Waals surface area (Å²) in [5, 5.41) is 2.94. The Bertz CT molecular complexity index is 1030. The van der Waals surface area contributed by atoms with Gasteiger partial charge in [-0.15, -0.1) is 0 Å². The quantitative estimate of drug-likeness (QED) is 0.472. The van der Waals surface area contributed by atoms with Crippen LogP contribution in [0.3, 0.4) is 0 Å². The highest BCUT2D eigenvalue weighted by molar-refractivity contribution is 6.24. The summed E-state index contributed by atoms with van der Waals surface area (Å²) in [6, 6.07) is 19.4. The normalized spacial score (nSPS) is 14.5. The molecule has 1 aromatic heterocycles. The molecule has 1 aliphatic carbocycles. The van der Waals surface area contributed by atoms with Crippen LogP contribution >= 0.6 is 0 Å². The number of furan rings is 1. The number of aliphatic imine (C=N–C) groups is 1. The summed E-state index contributed by atoms with van der Waals surface area (Å²) in [5.74, 6) is 0.636. The first-order chi connectivity index (χ1) is 14.3. The van der Waals surface area contributed by atoms with Crippen molar-refractivity contribution < 1.29 is 13.9 Å². The molecule has 0 saturated heterocycles. The SMILES string of the molecule is CC(N=C1c2ccccc2-c2ccccc21)C(NC(=O)OC(C)(C)C)c1ccco1. The Morgan fingerprint density at radius 1 is 0.933 bits per heavy atom. The highest BCUT2D eigenvalue weighted by atomic mass is 16.6. The van der Waals surface area contributed by atoms with Crippen LogP contribution in [0.15, 0.2) is 76.3 Å². The van der Waals surface area contributed by atoms with Gasteiger partial charge >= 0.3 is 6.09 Å². The lowest BCUT2D eigenvalue weighted by Crippen LogP contribution is -2.38. The van der Waals surface area contributed by atoms with Gasteiger partial charge in [0.1, 0.15) is 17.4 Å². The smallest absolute Gasteiger partial charge is 0.408 e. The average molecular weight is 402 g/mol. The first-order valence-electron chi connectivity index (χ1n) is 10.1. The summed E-state index contributed by atoms with van der Waals surface area (Å²) in [7, 11) is 0. The summed E-state index contributed by atoms with van der Waals surface area (Å²) in [6.07, 6.45) is 1.10. The van der Waals surface area contributed by atoms with Crippen LogP contribution in [-0.4, -0.2) is 23.4 Å². The number of ether oxygens (including phenoxy) is 1. The third-order valence-electron chi connectivity index (χ3n) is 4.99. The molecule has 2 aromatic carbocycles. The van der Waals surface area contributed by atoms with Gasteiger partial charge in [0.05, 0.1) is 18.0 Å². The molecule has 1 N–H and O–H groups in total. The van der Waals surface area contributed by atoms with E-state index in [2.05, 4.69) is 29.6 Å². The Hall–Kier alpha value is -3.34. The second-order valence-electron chi connectivity index (χ2n) is 8.45. The Morgan fingerprint density at radius 3 is 2.00 bits per heavy atom. The molecule has 1 aliphatic rings. The largest absolute Gasteiger partial charge is 0.467 e. The third kappa shape index (κ3) is 4.01. The van der Waals surface area contributed by atoms with Gasteiger partial charge in [-0.25, -0.2) is 4.79 Å². The minimum Gasteiger partial charge on any atom is -0.467 e. The van der Waals surface area contributed by atoms with Crippen molar-refractivity contribution in [3.05, 3.63) is 83.8 Å². The molecule has 0 fully saturated rings. The Kier molecular flexibility index (Phi) is 5.20. The van der Waals surface area contributed by atoms with Crippen molar-refractivity contribution >= 4 is 11.8 Å². The number of nitrogens with zero attached hydrogens (tertiary/aromatic N) is 1. The summed E-state index contributed by atoms with van der Waals surface area (Å²) in [6.45, 7) is 7.49. The van der Waals surface area contributed by atoms with Crippen LogP contribution < -0.4 is 5.32 Å². The van der Waals surface area contributed by atoms with E-state index in [0.29, 0.717) is 5.76 Å². The zero-order valence-electron chi connectivity index (χ0n) is 17.7. The van der Waals surface area contributed by atoms with Crippen LogP contribution in [0.25, 0.3) is 11.1 Å². The van der Waals surface area contributed by atoms with Crippen molar-refractivity contribution in [1.82, 2.24) is 5.32 Å². The number of carbonyl (C=O) groups excluding carboxylic acids is 1. The summed E-state index contributed by atoms with van der Waals surface area (Å²) >= 11 is 0. The van der Waals surface area contributed by atoms with E-state index in [1.54, 1.807) is 12.3 Å². The summed E-state index contributed by atoms with van der Waals surface area (Å²) in [4.78, 5) is 17.5. The molecule has 1 heterocycles. The topological polar surface area (TPSA) is 63.8 Å². The number of fused-ring (bicyclic) bond motifs is 3. The Balaban J connectivity index is 1.70. The van der Waals surface area contributed by atoms with Gasteiger partial charge in [0.25, 0.3) is 0 Å². The minimum atomic E-state index is -0.587. The maximum atomic E-state index is 12.5. The van der Waals surface area contributed by atoms with Crippen LogP contribution in [0.1, 0.15) is 50.6 Å². The van der Waals surface area contributed by atoms with Crippen LogP contribution in [-0.2, 0) is 4.74 Å². The monoisotopic (exact) mass is 402 g/mol. The summed E-state index contributed by atoms with van der Waals surface area (Å²) in [5.41, 5.74) is 4.89. The fraction of sp³-hybridized carbons (Fsp3) is 0.280. The average Bonchev–Trinajstić information content (AvgIpc) is 3.32. The Morgan fingerprint density at radius 2 is 1.50 bits per heavy atom. The fourth-order valence-corrected chi connectivity index (χ4v) is 3.74. The van der Waals surface area contributed by atoms with Gasteiger partial charge in [0.2, 0.25) is 0 Å². The molecule has 4 rings (SSSR count). The predicted octanol–water partition coefficient (Wildman–Crippen LogP) is 5.75. The summed E-state index contributed by atoms with van der Waals surface area (Å²) < 4.78 is 11.1. The number of rotatable bonds is 4. The van der Waals surface area contributed by atoms with Gasteiger partial charge in [-0.1, -0.05) is 48.5 Å². The van der Waals surface area contributed by atoms with Gasteiger partial charge in [0, 0.05) is 11.1 Å². The molecule has 1 amide bonds. The molecule has 3 aromatic rings. The zero-order valence-corrected chi connectivity index (χ0v) is 17.7. The molecule has 0 saturated carbocycles. The third-order valence-corrected chi connectivity index (χ3v) is 4.99. The minimum absolute atomic E-state index is 0.280. The van der Waals surface area contributed by atoms with Crippen molar-refractivity contribution in [3.8, 4) is 11.1 Å². The second-order valence-corrected chi connectivity index (χ2v) is 8.45. The molecule has 154 valence electrons. The van der Waals surface area contributed by atoms with Crippen LogP contribution in [0.2, 0.25) is 0 Å². The molecule has 0 aliphatic heterocycles. The maximum Gasteiger partial charge on any atom is 0.408 e. The van der Waals surface area contributed by atoms with E-state index in [9.17, 15) is 4.79 Å². The molecule has 5 heteroatoms. The molecule has 0 spiro atoms. The van der Waals surface area contributed by atoms with E-state index in [1.807, 2.05) is 58.0 Å². The van der Waals surface area contributed by atoms with Gasteiger partial charge in [-0.05, 0) is 51.0 Å². The van der Waals surface area contributed by atoms with Gasteiger partial charge in [0.15, 0.2) is 0 Å². The zero-order chi connectivity index (χ0) is 21.3. The predicted molar refractivity (Wildman–Crippen MR) is 118 cm³/mol. The Labute approximate surface area is 176 Å².